The SMILES string of the molecule is COc1cc(/C=C2\SC(=O)N(CC(=O)c3ccc(Cl)cc3)C2=O)ccc1OC(=O)C12CC3CC(CC(C3)C1)C2. The fourth-order valence-electron chi connectivity index (χ4n) is 7.09. The predicted octanol–water partition coefficient (Wildman–Crippen LogP) is 6.39. The third kappa shape index (κ3) is 5.00. The number of benzene rings is 2. The summed E-state index contributed by atoms with van der Waals surface area (Å²) in [7, 11) is 1.50. The summed E-state index contributed by atoms with van der Waals surface area (Å²) in [6, 6.07) is 11.3. The number of hydrogen-bond acceptors (Lipinski definition) is 7. The Morgan fingerprint density at radius 3 is 2.26 bits per heavy atom. The molecule has 7 nitrogen and oxygen atoms in total. The van der Waals surface area contributed by atoms with Crippen LogP contribution >= 0.6 is 23.4 Å². The number of carbonyl (C=O) groups excluding carboxylic acids is 4. The maximum absolute atomic E-state index is 13.4. The number of esters is 1. The van der Waals surface area contributed by atoms with Gasteiger partial charge in [-0.1, -0.05) is 17.7 Å². The number of halogens is 1. The number of rotatable bonds is 7. The second-order valence-corrected chi connectivity index (χ2v) is 12.6. The molecule has 4 saturated carbocycles. The fourth-order valence-corrected chi connectivity index (χ4v) is 8.05. The first-order chi connectivity index (χ1) is 18.7. The molecule has 2 aromatic carbocycles. The summed E-state index contributed by atoms with van der Waals surface area (Å²) in [4.78, 5) is 52.6. The zero-order valence-corrected chi connectivity index (χ0v) is 23.1. The second kappa shape index (κ2) is 10.1. The maximum atomic E-state index is 13.4. The van der Waals surface area contributed by atoms with E-state index >= 15 is 0 Å². The van der Waals surface area contributed by atoms with Crippen LogP contribution in [-0.4, -0.2) is 41.5 Å². The number of ketones is 1. The van der Waals surface area contributed by atoms with Crippen LogP contribution in [0, 0.1) is 23.2 Å². The third-order valence-corrected chi connectivity index (χ3v) is 9.66. The van der Waals surface area contributed by atoms with Crippen molar-refractivity contribution in [3.63, 3.8) is 0 Å². The molecule has 0 aromatic heterocycles. The highest BCUT2D eigenvalue weighted by Crippen LogP contribution is 2.60. The number of amides is 2. The van der Waals surface area contributed by atoms with Gasteiger partial charge in [0.1, 0.15) is 0 Å². The average molecular weight is 566 g/mol. The van der Waals surface area contributed by atoms with Crippen LogP contribution in [0.3, 0.4) is 0 Å². The Bertz CT molecular complexity index is 1370. The molecule has 2 aromatic rings. The van der Waals surface area contributed by atoms with Gasteiger partial charge >= 0.3 is 5.97 Å². The second-order valence-electron chi connectivity index (χ2n) is 11.2. The van der Waals surface area contributed by atoms with Crippen LogP contribution in [-0.2, 0) is 9.59 Å². The molecule has 0 radical (unpaired) electrons. The van der Waals surface area contributed by atoms with E-state index in [9.17, 15) is 19.2 Å². The first-order valence-corrected chi connectivity index (χ1v) is 14.4. The van der Waals surface area contributed by atoms with Crippen molar-refractivity contribution in [2.24, 2.45) is 23.2 Å². The summed E-state index contributed by atoms with van der Waals surface area (Å²) in [5, 5.41) is -0.0220. The molecular weight excluding hydrogens is 538 g/mol. The minimum Gasteiger partial charge on any atom is -0.493 e. The monoisotopic (exact) mass is 565 g/mol. The highest BCUT2D eigenvalue weighted by Gasteiger charge is 2.55. The van der Waals surface area contributed by atoms with Crippen molar-refractivity contribution in [2.45, 2.75) is 38.5 Å². The summed E-state index contributed by atoms with van der Waals surface area (Å²) in [6.07, 6.45) is 8.03. The van der Waals surface area contributed by atoms with Crippen LogP contribution in [0.4, 0.5) is 4.79 Å². The lowest BCUT2D eigenvalue weighted by atomic mass is 9.49. The van der Waals surface area contributed by atoms with Gasteiger partial charge < -0.3 is 9.47 Å². The highest BCUT2D eigenvalue weighted by molar-refractivity contribution is 8.18. The molecule has 1 heterocycles. The number of methoxy groups -OCH3 is 1. The van der Waals surface area contributed by atoms with E-state index in [1.807, 2.05) is 0 Å². The zero-order chi connectivity index (χ0) is 27.3. The standard InChI is InChI=1S/C30H28ClNO6S/c1-37-25-11-17(2-7-24(25)38-28(35)30-13-18-8-19(14-30)10-20(9-18)15-30)12-26-27(34)32(29(36)39-26)16-23(33)21-3-5-22(31)6-4-21/h2-7,11-12,18-20H,8-10,13-16H2,1H3/b26-12-. The molecule has 39 heavy (non-hydrogen) atoms. The molecule has 4 aliphatic carbocycles. The third-order valence-electron chi connectivity index (χ3n) is 8.50. The minimum atomic E-state index is -0.538. The van der Waals surface area contributed by atoms with E-state index in [1.54, 1.807) is 48.5 Å². The maximum Gasteiger partial charge on any atom is 0.317 e. The van der Waals surface area contributed by atoms with E-state index in [-0.39, 0.29) is 28.6 Å². The molecule has 0 N–H and O–H groups in total. The molecule has 0 atom stereocenters. The normalized spacial score (nSPS) is 28.3. The molecule has 0 unspecified atom stereocenters. The lowest BCUT2D eigenvalue weighted by Crippen LogP contribution is -2.51. The smallest absolute Gasteiger partial charge is 0.317 e. The first kappa shape index (κ1) is 26.1. The minimum absolute atomic E-state index is 0.167. The van der Waals surface area contributed by atoms with Gasteiger partial charge in [0.05, 0.1) is 24.0 Å². The number of hydrogen-bond donors (Lipinski definition) is 0. The van der Waals surface area contributed by atoms with E-state index in [4.69, 9.17) is 21.1 Å². The Hall–Kier alpha value is -3.10. The van der Waals surface area contributed by atoms with Crippen molar-refractivity contribution < 1.29 is 28.7 Å². The molecule has 5 aliphatic rings. The number of Topliss-reactive ketones (excluding diaryl/α,β-unsaturated/α-hetero) is 1. The predicted molar refractivity (Wildman–Crippen MR) is 148 cm³/mol. The van der Waals surface area contributed by atoms with Gasteiger partial charge in [-0.15, -0.1) is 0 Å². The highest BCUT2D eigenvalue weighted by atomic mass is 35.5. The van der Waals surface area contributed by atoms with Gasteiger partial charge in [-0.25, -0.2) is 0 Å². The van der Waals surface area contributed by atoms with Crippen LogP contribution in [0.2, 0.25) is 5.02 Å². The van der Waals surface area contributed by atoms with E-state index in [1.165, 1.54) is 26.4 Å². The van der Waals surface area contributed by atoms with Gasteiger partial charge in [-0.2, -0.15) is 0 Å². The molecule has 1 saturated heterocycles. The van der Waals surface area contributed by atoms with Crippen LogP contribution in [0.25, 0.3) is 6.08 Å². The average Bonchev–Trinajstić information content (AvgIpc) is 3.16. The lowest BCUT2D eigenvalue weighted by Gasteiger charge is -2.55. The number of ether oxygens (including phenoxy) is 2. The number of carbonyl (C=O) groups is 4. The van der Waals surface area contributed by atoms with Crippen molar-refractivity contribution in [3.8, 4) is 11.5 Å². The summed E-state index contributed by atoms with van der Waals surface area (Å²) in [5.41, 5.74) is 0.586. The van der Waals surface area contributed by atoms with E-state index in [2.05, 4.69) is 0 Å². The van der Waals surface area contributed by atoms with Crippen LogP contribution in [0.1, 0.15) is 54.4 Å². The molecule has 7 rings (SSSR count). The Labute approximate surface area is 235 Å². The zero-order valence-electron chi connectivity index (χ0n) is 21.5. The molecular formula is C30H28ClNO6S. The largest absolute Gasteiger partial charge is 0.493 e. The van der Waals surface area contributed by atoms with Crippen molar-refractivity contribution in [1.82, 2.24) is 4.90 Å². The number of imide groups is 1. The summed E-state index contributed by atoms with van der Waals surface area (Å²) < 4.78 is 11.4. The van der Waals surface area contributed by atoms with Gasteiger partial charge in [0.25, 0.3) is 11.1 Å². The molecule has 202 valence electrons. The van der Waals surface area contributed by atoms with Crippen LogP contribution < -0.4 is 9.47 Å². The van der Waals surface area contributed by atoms with Crippen molar-refractivity contribution in [2.75, 3.05) is 13.7 Å². The van der Waals surface area contributed by atoms with Gasteiger partial charge in [-0.05, 0) is 116 Å². The summed E-state index contributed by atoms with van der Waals surface area (Å²) >= 11 is 6.65. The van der Waals surface area contributed by atoms with E-state index in [0.717, 1.165) is 35.9 Å². The molecule has 5 fully saturated rings. The topological polar surface area (TPSA) is 90.0 Å². The number of nitrogens with zero attached hydrogens (tertiary/aromatic N) is 1. The van der Waals surface area contributed by atoms with Gasteiger partial charge in [0.15, 0.2) is 17.3 Å². The van der Waals surface area contributed by atoms with Crippen molar-refractivity contribution >= 4 is 52.3 Å². The quantitative estimate of drug-likeness (QED) is 0.166. The summed E-state index contributed by atoms with van der Waals surface area (Å²) in [5.74, 6) is 1.54. The Kier molecular flexibility index (Phi) is 6.79. The fraction of sp³-hybridized carbons (Fsp3) is 0.400. The number of thioether (sulfide) groups is 1. The molecule has 1 aliphatic heterocycles. The van der Waals surface area contributed by atoms with Crippen molar-refractivity contribution in [1.29, 1.82) is 0 Å². The van der Waals surface area contributed by atoms with Crippen LogP contribution in [0.5, 0.6) is 11.5 Å². The molecule has 0 spiro atoms. The Morgan fingerprint density at radius 2 is 1.64 bits per heavy atom. The Balaban J connectivity index is 1.16. The van der Waals surface area contributed by atoms with E-state index < -0.39 is 11.1 Å². The molecule has 4 bridgehead atoms. The van der Waals surface area contributed by atoms with Gasteiger partial charge in [-0.3, -0.25) is 24.1 Å². The molecule has 9 heteroatoms. The van der Waals surface area contributed by atoms with E-state index in [0.29, 0.717) is 45.4 Å². The van der Waals surface area contributed by atoms with Gasteiger partial charge in [0, 0.05) is 10.6 Å². The van der Waals surface area contributed by atoms with Crippen LogP contribution in [0.15, 0.2) is 47.4 Å². The Morgan fingerprint density at radius 1 is 1.00 bits per heavy atom. The van der Waals surface area contributed by atoms with Crippen molar-refractivity contribution in [3.05, 3.63) is 63.5 Å². The summed E-state index contributed by atoms with van der Waals surface area (Å²) in [6.45, 7) is -0.355. The van der Waals surface area contributed by atoms with Gasteiger partial charge in [0.2, 0.25) is 0 Å². The lowest BCUT2D eigenvalue weighted by molar-refractivity contribution is -0.161. The molecule has 2 amide bonds. The first-order valence-electron chi connectivity index (χ1n) is 13.2.